The molecule has 0 radical (unpaired) electrons. The van der Waals surface area contributed by atoms with Crippen molar-refractivity contribution in [2.75, 3.05) is 20.2 Å². The van der Waals surface area contributed by atoms with E-state index in [1.807, 2.05) is 56.3 Å². The van der Waals surface area contributed by atoms with Gasteiger partial charge in [0.25, 0.3) is 0 Å². The van der Waals surface area contributed by atoms with Crippen molar-refractivity contribution >= 4 is 5.91 Å². The number of carbonyl (C=O) groups excluding carboxylic acids is 1. The number of likely N-dealkylation sites (tertiary alicyclic amines) is 1. The highest BCUT2D eigenvalue weighted by molar-refractivity contribution is 5.76. The molecule has 1 saturated heterocycles. The van der Waals surface area contributed by atoms with E-state index in [0.29, 0.717) is 31.4 Å². The highest BCUT2D eigenvalue weighted by atomic mass is 16.5. The molecule has 0 spiro atoms. The van der Waals surface area contributed by atoms with E-state index >= 15 is 0 Å². The zero-order chi connectivity index (χ0) is 26.7. The molecule has 0 atom stereocenters. The molecule has 1 aromatic heterocycles. The number of nitrogens with one attached hydrogen (secondary N) is 1. The lowest BCUT2D eigenvalue weighted by Gasteiger charge is -2.32. The van der Waals surface area contributed by atoms with Gasteiger partial charge in [-0.25, -0.2) is 4.98 Å². The lowest BCUT2D eigenvalue weighted by atomic mass is 10.1. The van der Waals surface area contributed by atoms with Gasteiger partial charge in [-0.2, -0.15) is 0 Å². The van der Waals surface area contributed by atoms with E-state index in [9.17, 15) is 4.79 Å². The fraction of sp³-hybridized carbons (Fsp3) is 0.419. The van der Waals surface area contributed by atoms with Crippen LogP contribution in [0, 0.1) is 5.92 Å². The predicted octanol–water partition coefficient (Wildman–Crippen LogP) is 5.37. The minimum absolute atomic E-state index is 0.0657. The van der Waals surface area contributed by atoms with Crippen molar-refractivity contribution in [2.45, 2.75) is 58.9 Å². The molecule has 4 rings (SSSR count). The Labute approximate surface area is 226 Å². The van der Waals surface area contributed by atoms with Gasteiger partial charge >= 0.3 is 0 Å². The Morgan fingerprint density at radius 2 is 1.82 bits per heavy atom. The van der Waals surface area contributed by atoms with Crippen LogP contribution in [0.2, 0.25) is 0 Å². The van der Waals surface area contributed by atoms with Gasteiger partial charge in [0, 0.05) is 50.4 Å². The third-order valence-electron chi connectivity index (χ3n) is 6.60. The van der Waals surface area contributed by atoms with Crippen LogP contribution >= 0.6 is 0 Å². The molecule has 1 aliphatic heterocycles. The molecular formula is C31H39N3O4. The molecule has 1 aliphatic rings. The molecule has 0 unspecified atom stereocenters. The Morgan fingerprint density at radius 1 is 1.03 bits per heavy atom. The lowest BCUT2D eigenvalue weighted by molar-refractivity contribution is -0.121. The number of methoxy groups -OCH3 is 1. The average molecular weight is 518 g/mol. The number of ether oxygens (including phenoxy) is 3. The summed E-state index contributed by atoms with van der Waals surface area (Å²) in [7, 11) is 1.68. The Morgan fingerprint density at radius 3 is 2.50 bits per heavy atom. The number of amides is 1. The number of hydrogen-bond acceptors (Lipinski definition) is 6. The molecule has 0 aliphatic carbocycles. The van der Waals surface area contributed by atoms with Gasteiger partial charge in [-0.15, -0.1) is 0 Å². The van der Waals surface area contributed by atoms with Gasteiger partial charge in [-0.1, -0.05) is 62.4 Å². The molecule has 7 nitrogen and oxygen atoms in total. The fourth-order valence-electron chi connectivity index (χ4n) is 4.57. The van der Waals surface area contributed by atoms with E-state index in [1.54, 1.807) is 13.3 Å². The summed E-state index contributed by atoms with van der Waals surface area (Å²) in [5.41, 5.74) is 3.21. The second-order valence-electron chi connectivity index (χ2n) is 10.2. The number of piperidine rings is 1. The summed E-state index contributed by atoms with van der Waals surface area (Å²) in [4.78, 5) is 18.8. The topological polar surface area (TPSA) is 72.9 Å². The maximum atomic E-state index is 11.9. The molecule has 1 amide bonds. The Bertz CT molecular complexity index is 1140. The lowest BCUT2D eigenvalue weighted by Crippen LogP contribution is -2.38. The molecular weight excluding hydrogens is 478 g/mol. The van der Waals surface area contributed by atoms with E-state index in [0.717, 1.165) is 60.7 Å². The summed E-state index contributed by atoms with van der Waals surface area (Å²) >= 11 is 0. The predicted molar refractivity (Wildman–Crippen MR) is 148 cm³/mol. The van der Waals surface area contributed by atoms with Crippen LogP contribution < -0.4 is 19.5 Å². The first-order chi connectivity index (χ1) is 18.5. The van der Waals surface area contributed by atoms with Gasteiger partial charge in [-0.3, -0.25) is 9.69 Å². The number of aromatic nitrogens is 1. The van der Waals surface area contributed by atoms with Crippen LogP contribution in [0.3, 0.4) is 0 Å². The highest BCUT2D eigenvalue weighted by Crippen LogP contribution is 2.33. The van der Waals surface area contributed by atoms with Crippen molar-refractivity contribution in [3.63, 3.8) is 0 Å². The first-order valence-electron chi connectivity index (χ1n) is 13.4. The van der Waals surface area contributed by atoms with Crippen molar-refractivity contribution in [2.24, 2.45) is 5.92 Å². The van der Waals surface area contributed by atoms with Crippen LogP contribution in [0.15, 0.2) is 66.9 Å². The first-order valence-corrected chi connectivity index (χ1v) is 13.4. The summed E-state index contributed by atoms with van der Waals surface area (Å²) < 4.78 is 18.0. The number of pyridine rings is 1. The van der Waals surface area contributed by atoms with Crippen molar-refractivity contribution in [3.05, 3.63) is 83.6 Å². The second kappa shape index (κ2) is 13.8. The number of para-hydroxylation sites is 1. The van der Waals surface area contributed by atoms with Gasteiger partial charge in [-0.05, 0) is 36.0 Å². The van der Waals surface area contributed by atoms with Crippen molar-refractivity contribution in [1.29, 1.82) is 0 Å². The van der Waals surface area contributed by atoms with Gasteiger partial charge < -0.3 is 19.5 Å². The number of nitrogens with zero attached hydrogens (tertiary/aromatic N) is 2. The van der Waals surface area contributed by atoms with Crippen molar-refractivity contribution in [3.8, 4) is 17.4 Å². The standard InChI is InChI=1S/C31H39N3O4/c1-23(2)18-29(35)32-19-25-12-13-30(33-20-25)38-27-14-16-34(17-15-27)21-26-10-7-11-28(36-3)31(26)37-22-24-8-5-4-6-9-24/h4-13,20,23,27H,14-19,21-22H2,1-3H3,(H,32,35). The van der Waals surface area contributed by atoms with Crippen molar-refractivity contribution < 1.29 is 19.0 Å². The molecule has 1 N–H and O–H groups in total. The molecule has 38 heavy (non-hydrogen) atoms. The Balaban J connectivity index is 1.26. The van der Waals surface area contributed by atoms with Gasteiger partial charge in [0.1, 0.15) is 12.7 Å². The molecule has 0 bridgehead atoms. The minimum Gasteiger partial charge on any atom is -0.493 e. The second-order valence-corrected chi connectivity index (χ2v) is 10.2. The number of carbonyl (C=O) groups is 1. The highest BCUT2D eigenvalue weighted by Gasteiger charge is 2.23. The zero-order valence-corrected chi connectivity index (χ0v) is 22.7. The largest absolute Gasteiger partial charge is 0.493 e. The van der Waals surface area contributed by atoms with Crippen LogP contribution in [-0.4, -0.2) is 42.1 Å². The molecule has 2 heterocycles. The minimum atomic E-state index is 0.0657. The van der Waals surface area contributed by atoms with Crippen LogP contribution in [0.1, 0.15) is 49.8 Å². The van der Waals surface area contributed by atoms with Crippen LogP contribution in [0.5, 0.6) is 17.4 Å². The van der Waals surface area contributed by atoms with Crippen LogP contribution in [0.4, 0.5) is 0 Å². The normalized spacial score (nSPS) is 14.3. The quantitative estimate of drug-likeness (QED) is 0.348. The summed E-state index contributed by atoms with van der Waals surface area (Å²) in [5, 5.41) is 2.94. The SMILES string of the molecule is COc1cccc(CN2CCC(Oc3ccc(CNC(=O)CC(C)C)cn3)CC2)c1OCc1ccccc1. The summed E-state index contributed by atoms with van der Waals surface area (Å²) in [6, 6.07) is 20.1. The Hall–Kier alpha value is -3.58. The van der Waals surface area contributed by atoms with E-state index in [1.165, 1.54) is 0 Å². The number of benzene rings is 2. The van der Waals surface area contributed by atoms with Crippen molar-refractivity contribution in [1.82, 2.24) is 15.2 Å². The van der Waals surface area contributed by atoms with Gasteiger partial charge in [0.2, 0.25) is 11.8 Å². The molecule has 2 aromatic carbocycles. The average Bonchev–Trinajstić information content (AvgIpc) is 2.93. The van der Waals surface area contributed by atoms with E-state index in [4.69, 9.17) is 14.2 Å². The molecule has 3 aromatic rings. The number of hydrogen-bond donors (Lipinski definition) is 1. The molecule has 0 saturated carbocycles. The van der Waals surface area contributed by atoms with Gasteiger partial charge in [0.15, 0.2) is 11.5 Å². The zero-order valence-electron chi connectivity index (χ0n) is 22.7. The third kappa shape index (κ3) is 8.21. The summed E-state index contributed by atoms with van der Waals surface area (Å²) in [6.07, 6.45) is 4.31. The maximum Gasteiger partial charge on any atom is 0.220 e. The molecule has 7 heteroatoms. The van der Waals surface area contributed by atoms with E-state index < -0.39 is 0 Å². The first kappa shape index (κ1) is 27.5. The van der Waals surface area contributed by atoms with Crippen LogP contribution in [0.25, 0.3) is 0 Å². The number of rotatable bonds is 12. The van der Waals surface area contributed by atoms with Gasteiger partial charge in [0.05, 0.1) is 7.11 Å². The summed E-state index contributed by atoms with van der Waals surface area (Å²) in [5.74, 6) is 2.61. The smallest absolute Gasteiger partial charge is 0.220 e. The fourth-order valence-corrected chi connectivity index (χ4v) is 4.57. The monoisotopic (exact) mass is 517 g/mol. The van der Waals surface area contributed by atoms with E-state index in [-0.39, 0.29) is 12.0 Å². The molecule has 1 fully saturated rings. The third-order valence-corrected chi connectivity index (χ3v) is 6.60. The summed E-state index contributed by atoms with van der Waals surface area (Å²) in [6.45, 7) is 7.72. The molecule has 202 valence electrons. The maximum absolute atomic E-state index is 11.9. The van der Waals surface area contributed by atoms with E-state index in [2.05, 4.69) is 33.4 Å². The Kier molecular flexibility index (Phi) is 9.98. The van der Waals surface area contributed by atoms with Crippen LogP contribution in [-0.2, 0) is 24.5 Å².